The Bertz CT molecular complexity index is 918. The van der Waals surface area contributed by atoms with E-state index >= 15 is 0 Å². The van der Waals surface area contributed by atoms with Gasteiger partial charge in [0, 0.05) is 44.7 Å². The van der Waals surface area contributed by atoms with Gasteiger partial charge in [-0.25, -0.2) is 8.78 Å². The van der Waals surface area contributed by atoms with Crippen LogP contribution in [0, 0.1) is 11.6 Å². The molecule has 0 saturated heterocycles. The molecule has 160 valence electrons. The first kappa shape index (κ1) is 23.0. The molecule has 0 fully saturated rings. The van der Waals surface area contributed by atoms with Gasteiger partial charge in [-0.1, -0.05) is 18.2 Å². The molecule has 0 heterocycles. The number of nitrogens with zero attached hydrogens (tertiary/aromatic N) is 1. The van der Waals surface area contributed by atoms with Crippen molar-refractivity contribution in [3.05, 3.63) is 65.2 Å². The fourth-order valence-corrected chi connectivity index (χ4v) is 2.86. The molecule has 0 aliphatic rings. The first-order chi connectivity index (χ1) is 14.3. The third-order valence-electron chi connectivity index (χ3n) is 4.52. The highest BCUT2D eigenvalue weighted by atomic mass is 19.1. The number of carbonyl (C=O) groups excluding carboxylic acids is 3. The van der Waals surface area contributed by atoms with Crippen LogP contribution in [-0.2, 0) is 16.1 Å². The lowest BCUT2D eigenvalue weighted by Gasteiger charge is -2.21. The molecule has 2 N–H and O–H groups in total. The van der Waals surface area contributed by atoms with Crippen LogP contribution in [0.2, 0.25) is 0 Å². The SMILES string of the molecule is CCN(Cc1ccccc1NC(=O)CCCNC(=O)c1ccc(F)cc1F)C(C)=O. The minimum atomic E-state index is -0.937. The van der Waals surface area contributed by atoms with Gasteiger partial charge in [0.25, 0.3) is 5.91 Å². The Hall–Kier alpha value is -3.29. The second kappa shape index (κ2) is 11.0. The average Bonchev–Trinajstić information content (AvgIpc) is 2.70. The van der Waals surface area contributed by atoms with Crippen LogP contribution in [0.1, 0.15) is 42.6 Å². The molecule has 0 aliphatic carbocycles. The molecule has 0 saturated carbocycles. The summed E-state index contributed by atoms with van der Waals surface area (Å²) in [6.45, 7) is 4.50. The van der Waals surface area contributed by atoms with Crippen molar-refractivity contribution in [3.63, 3.8) is 0 Å². The lowest BCUT2D eigenvalue weighted by molar-refractivity contribution is -0.129. The molecule has 0 aliphatic heterocycles. The monoisotopic (exact) mass is 417 g/mol. The van der Waals surface area contributed by atoms with Gasteiger partial charge in [-0.2, -0.15) is 0 Å². The van der Waals surface area contributed by atoms with Crippen molar-refractivity contribution in [1.29, 1.82) is 0 Å². The van der Waals surface area contributed by atoms with E-state index in [-0.39, 0.29) is 30.3 Å². The highest BCUT2D eigenvalue weighted by molar-refractivity contribution is 5.94. The summed E-state index contributed by atoms with van der Waals surface area (Å²) in [5, 5.41) is 5.33. The Morgan fingerprint density at radius 1 is 1.07 bits per heavy atom. The average molecular weight is 417 g/mol. The summed E-state index contributed by atoms with van der Waals surface area (Å²) in [7, 11) is 0. The molecule has 0 spiro atoms. The van der Waals surface area contributed by atoms with Gasteiger partial charge in [-0.15, -0.1) is 0 Å². The maximum Gasteiger partial charge on any atom is 0.254 e. The van der Waals surface area contributed by atoms with Gasteiger partial charge in [0.2, 0.25) is 11.8 Å². The van der Waals surface area contributed by atoms with E-state index in [1.165, 1.54) is 6.92 Å². The molecule has 2 aromatic rings. The maximum absolute atomic E-state index is 13.6. The Morgan fingerprint density at radius 3 is 2.47 bits per heavy atom. The van der Waals surface area contributed by atoms with Gasteiger partial charge >= 0.3 is 0 Å². The molecular formula is C22H25F2N3O3. The van der Waals surface area contributed by atoms with E-state index in [2.05, 4.69) is 10.6 Å². The summed E-state index contributed by atoms with van der Waals surface area (Å²) in [6.07, 6.45) is 0.488. The number of carbonyl (C=O) groups is 3. The number of anilines is 1. The number of benzene rings is 2. The fourth-order valence-electron chi connectivity index (χ4n) is 2.86. The molecule has 0 bridgehead atoms. The molecule has 0 radical (unpaired) electrons. The van der Waals surface area contributed by atoms with Crippen LogP contribution in [0.25, 0.3) is 0 Å². The van der Waals surface area contributed by atoms with E-state index in [0.29, 0.717) is 31.3 Å². The summed E-state index contributed by atoms with van der Waals surface area (Å²) in [5.41, 5.74) is 1.20. The minimum Gasteiger partial charge on any atom is -0.352 e. The molecule has 8 heteroatoms. The maximum atomic E-state index is 13.6. The van der Waals surface area contributed by atoms with Crippen molar-refractivity contribution in [1.82, 2.24) is 10.2 Å². The van der Waals surface area contributed by atoms with Crippen LogP contribution < -0.4 is 10.6 Å². The van der Waals surface area contributed by atoms with Crippen molar-refractivity contribution in [2.75, 3.05) is 18.4 Å². The third-order valence-corrected chi connectivity index (χ3v) is 4.52. The van der Waals surface area contributed by atoms with E-state index in [4.69, 9.17) is 0 Å². The molecule has 0 aromatic heterocycles. The molecular weight excluding hydrogens is 392 g/mol. The van der Waals surface area contributed by atoms with Crippen LogP contribution in [0.3, 0.4) is 0 Å². The second-order valence-electron chi connectivity index (χ2n) is 6.72. The van der Waals surface area contributed by atoms with E-state index in [1.807, 2.05) is 19.1 Å². The first-order valence-corrected chi connectivity index (χ1v) is 9.68. The topological polar surface area (TPSA) is 78.5 Å². The number of halogens is 2. The lowest BCUT2D eigenvalue weighted by atomic mass is 10.1. The quantitative estimate of drug-likeness (QED) is 0.613. The number of nitrogens with one attached hydrogen (secondary N) is 2. The van der Waals surface area contributed by atoms with Gasteiger partial charge in [0.15, 0.2) is 0 Å². The highest BCUT2D eigenvalue weighted by Gasteiger charge is 2.13. The molecule has 2 aromatic carbocycles. The normalized spacial score (nSPS) is 10.4. The number of rotatable bonds is 9. The second-order valence-corrected chi connectivity index (χ2v) is 6.72. The molecule has 0 unspecified atom stereocenters. The summed E-state index contributed by atoms with van der Waals surface area (Å²) in [5.74, 6) is -2.65. The number of para-hydroxylation sites is 1. The van der Waals surface area contributed by atoms with E-state index < -0.39 is 17.5 Å². The van der Waals surface area contributed by atoms with Gasteiger partial charge in [0.1, 0.15) is 11.6 Å². The first-order valence-electron chi connectivity index (χ1n) is 9.68. The standard InChI is InChI=1S/C22H25F2N3O3/c1-3-27(15(2)28)14-16-7-4-5-8-20(16)26-21(29)9-6-12-25-22(30)18-11-10-17(23)13-19(18)24/h4-5,7-8,10-11,13H,3,6,9,12,14H2,1-2H3,(H,25,30)(H,26,29). The zero-order chi connectivity index (χ0) is 22.1. The minimum absolute atomic E-state index is 0.0491. The Labute approximate surface area is 174 Å². The number of hydrogen-bond donors (Lipinski definition) is 2. The van der Waals surface area contributed by atoms with Crippen LogP contribution in [-0.4, -0.2) is 35.7 Å². The van der Waals surface area contributed by atoms with E-state index in [1.54, 1.807) is 17.0 Å². The summed E-state index contributed by atoms with van der Waals surface area (Å²) in [6, 6.07) is 9.97. The smallest absolute Gasteiger partial charge is 0.254 e. The molecule has 0 atom stereocenters. The van der Waals surface area contributed by atoms with Gasteiger partial charge in [-0.3, -0.25) is 14.4 Å². The summed E-state index contributed by atoms with van der Waals surface area (Å²) in [4.78, 5) is 37.5. The van der Waals surface area contributed by atoms with E-state index in [0.717, 1.165) is 17.7 Å². The highest BCUT2D eigenvalue weighted by Crippen LogP contribution is 2.18. The molecule has 30 heavy (non-hydrogen) atoms. The predicted octanol–water partition coefficient (Wildman–Crippen LogP) is 3.48. The molecule has 3 amide bonds. The van der Waals surface area contributed by atoms with Crippen LogP contribution >= 0.6 is 0 Å². The molecule has 2 rings (SSSR count). The zero-order valence-electron chi connectivity index (χ0n) is 17.0. The van der Waals surface area contributed by atoms with Crippen LogP contribution in [0.5, 0.6) is 0 Å². The van der Waals surface area contributed by atoms with Gasteiger partial charge in [-0.05, 0) is 37.1 Å². The van der Waals surface area contributed by atoms with Crippen LogP contribution in [0.15, 0.2) is 42.5 Å². The summed E-state index contributed by atoms with van der Waals surface area (Å²) < 4.78 is 26.5. The zero-order valence-corrected chi connectivity index (χ0v) is 17.0. The lowest BCUT2D eigenvalue weighted by Crippen LogP contribution is -2.28. The van der Waals surface area contributed by atoms with Crippen LogP contribution in [0.4, 0.5) is 14.5 Å². The van der Waals surface area contributed by atoms with Crippen molar-refractivity contribution in [3.8, 4) is 0 Å². The summed E-state index contributed by atoms with van der Waals surface area (Å²) >= 11 is 0. The third kappa shape index (κ3) is 6.65. The van der Waals surface area contributed by atoms with Crippen molar-refractivity contribution < 1.29 is 23.2 Å². The predicted molar refractivity (Wildman–Crippen MR) is 110 cm³/mol. The number of hydrogen-bond acceptors (Lipinski definition) is 3. The van der Waals surface area contributed by atoms with Crippen molar-refractivity contribution in [2.45, 2.75) is 33.2 Å². The largest absolute Gasteiger partial charge is 0.352 e. The van der Waals surface area contributed by atoms with Gasteiger partial charge < -0.3 is 15.5 Å². The Balaban J connectivity index is 1.84. The Kier molecular flexibility index (Phi) is 8.46. The Morgan fingerprint density at radius 2 is 1.80 bits per heavy atom. The fraction of sp³-hybridized carbons (Fsp3) is 0.318. The van der Waals surface area contributed by atoms with Crippen molar-refractivity contribution >= 4 is 23.4 Å². The van der Waals surface area contributed by atoms with E-state index in [9.17, 15) is 23.2 Å². The van der Waals surface area contributed by atoms with Gasteiger partial charge in [0.05, 0.1) is 5.56 Å². The van der Waals surface area contributed by atoms with Crippen molar-refractivity contribution in [2.24, 2.45) is 0 Å². The number of amides is 3. The molecule has 6 nitrogen and oxygen atoms in total.